The van der Waals surface area contributed by atoms with Gasteiger partial charge >= 0.3 is 0 Å². The van der Waals surface area contributed by atoms with Crippen molar-refractivity contribution in [2.75, 3.05) is 5.75 Å². The van der Waals surface area contributed by atoms with E-state index in [1.165, 1.54) is 22.0 Å². The Hall–Kier alpha value is -3.25. The van der Waals surface area contributed by atoms with E-state index in [1.54, 1.807) is 13.0 Å². The SMILES string of the molecule is CCS(=O)NC(=O)c1cccc(Cc2c(-c3ccccc3)n(C)c3cc(C)ccc23)n1. The minimum absolute atomic E-state index is 0.275. The number of fused-ring (bicyclic) bond motifs is 1. The topological polar surface area (TPSA) is 64.0 Å². The number of benzene rings is 2. The summed E-state index contributed by atoms with van der Waals surface area (Å²) in [5.41, 5.74) is 6.90. The van der Waals surface area contributed by atoms with Gasteiger partial charge in [0.15, 0.2) is 0 Å². The monoisotopic (exact) mass is 431 g/mol. The molecule has 2 aromatic heterocycles. The number of hydrogen-bond donors (Lipinski definition) is 1. The predicted molar refractivity (Wildman–Crippen MR) is 126 cm³/mol. The summed E-state index contributed by atoms with van der Waals surface area (Å²) in [5, 5.41) is 1.18. The van der Waals surface area contributed by atoms with E-state index in [0.29, 0.717) is 12.2 Å². The Bertz CT molecular complexity index is 1280. The minimum Gasteiger partial charge on any atom is -0.343 e. The molecule has 6 heteroatoms. The molecule has 0 saturated heterocycles. The van der Waals surface area contributed by atoms with Crippen LogP contribution < -0.4 is 4.72 Å². The van der Waals surface area contributed by atoms with Gasteiger partial charge in [0.1, 0.15) is 16.7 Å². The first-order chi connectivity index (χ1) is 15.0. The fourth-order valence-corrected chi connectivity index (χ4v) is 4.34. The van der Waals surface area contributed by atoms with Crippen molar-refractivity contribution < 1.29 is 9.00 Å². The normalized spacial score (nSPS) is 12.1. The Morgan fingerprint density at radius 2 is 1.84 bits per heavy atom. The Balaban J connectivity index is 1.79. The summed E-state index contributed by atoms with van der Waals surface area (Å²) in [6, 6.07) is 22.2. The average Bonchev–Trinajstić information content (AvgIpc) is 3.05. The molecular formula is C25H25N3O2S. The quantitative estimate of drug-likeness (QED) is 0.487. The lowest BCUT2D eigenvalue weighted by Crippen LogP contribution is -2.27. The molecule has 0 saturated carbocycles. The maximum absolute atomic E-state index is 12.4. The van der Waals surface area contributed by atoms with Crippen molar-refractivity contribution in [2.24, 2.45) is 7.05 Å². The molecule has 0 aliphatic rings. The van der Waals surface area contributed by atoms with Gasteiger partial charge in [0, 0.05) is 35.8 Å². The smallest absolute Gasteiger partial charge is 0.281 e. The van der Waals surface area contributed by atoms with Gasteiger partial charge in [0.05, 0.1) is 5.69 Å². The zero-order valence-corrected chi connectivity index (χ0v) is 18.7. The van der Waals surface area contributed by atoms with Gasteiger partial charge in [-0.15, -0.1) is 0 Å². The van der Waals surface area contributed by atoms with Gasteiger partial charge < -0.3 is 4.57 Å². The van der Waals surface area contributed by atoms with Gasteiger partial charge in [-0.2, -0.15) is 0 Å². The first-order valence-corrected chi connectivity index (χ1v) is 11.6. The number of aromatic nitrogens is 2. The number of rotatable bonds is 6. The number of aryl methyl sites for hydroxylation is 2. The van der Waals surface area contributed by atoms with E-state index in [0.717, 1.165) is 17.0 Å². The highest BCUT2D eigenvalue weighted by atomic mass is 32.2. The molecule has 1 unspecified atom stereocenters. The van der Waals surface area contributed by atoms with Gasteiger partial charge in [-0.3, -0.25) is 9.52 Å². The fraction of sp³-hybridized carbons (Fsp3) is 0.200. The summed E-state index contributed by atoms with van der Waals surface area (Å²) in [6.07, 6.45) is 0.586. The molecule has 0 radical (unpaired) electrons. The van der Waals surface area contributed by atoms with Crippen LogP contribution in [-0.4, -0.2) is 25.4 Å². The molecule has 4 aromatic rings. The largest absolute Gasteiger partial charge is 0.343 e. The summed E-state index contributed by atoms with van der Waals surface area (Å²) in [4.78, 5) is 17.0. The molecule has 0 spiro atoms. The predicted octanol–water partition coefficient (Wildman–Crippen LogP) is 4.55. The molecule has 5 nitrogen and oxygen atoms in total. The van der Waals surface area contributed by atoms with E-state index >= 15 is 0 Å². The van der Waals surface area contributed by atoms with Crippen LogP contribution >= 0.6 is 0 Å². The van der Waals surface area contributed by atoms with Gasteiger partial charge in [0.2, 0.25) is 0 Å². The van der Waals surface area contributed by atoms with Crippen molar-refractivity contribution >= 4 is 27.8 Å². The third kappa shape index (κ3) is 4.30. The van der Waals surface area contributed by atoms with Crippen LogP contribution in [0.15, 0.2) is 66.7 Å². The van der Waals surface area contributed by atoms with E-state index in [4.69, 9.17) is 0 Å². The minimum atomic E-state index is -1.39. The number of amides is 1. The van der Waals surface area contributed by atoms with Crippen molar-refractivity contribution in [2.45, 2.75) is 20.3 Å². The van der Waals surface area contributed by atoms with E-state index in [1.807, 2.05) is 30.3 Å². The summed E-state index contributed by atoms with van der Waals surface area (Å²) in [6.45, 7) is 3.85. The number of hydrogen-bond acceptors (Lipinski definition) is 3. The molecule has 0 bridgehead atoms. The molecule has 1 N–H and O–H groups in total. The van der Waals surface area contributed by atoms with Crippen LogP contribution in [-0.2, 0) is 24.5 Å². The molecule has 4 rings (SSSR count). The zero-order valence-electron chi connectivity index (χ0n) is 17.9. The van der Waals surface area contributed by atoms with Crippen molar-refractivity contribution in [1.82, 2.24) is 14.3 Å². The first-order valence-electron chi connectivity index (χ1n) is 10.3. The molecule has 31 heavy (non-hydrogen) atoms. The third-order valence-electron chi connectivity index (χ3n) is 5.37. The molecule has 0 aliphatic carbocycles. The second-order valence-corrected chi connectivity index (χ2v) is 9.00. The maximum Gasteiger partial charge on any atom is 0.281 e. The molecular weight excluding hydrogens is 406 g/mol. The number of carbonyl (C=O) groups is 1. The lowest BCUT2D eigenvalue weighted by molar-refractivity contribution is 0.0978. The van der Waals surface area contributed by atoms with E-state index in [-0.39, 0.29) is 5.69 Å². The lowest BCUT2D eigenvalue weighted by atomic mass is 10.00. The van der Waals surface area contributed by atoms with Crippen LogP contribution in [0.1, 0.15) is 34.2 Å². The number of nitrogens with zero attached hydrogens (tertiary/aromatic N) is 2. The highest BCUT2D eigenvalue weighted by Gasteiger charge is 2.18. The van der Waals surface area contributed by atoms with Crippen LogP contribution in [0, 0.1) is 6.92 Å². The average molecular weight is 432 g/mol. The zero-order chi connectivity index (χ0) is 22.0. The van der Waals surface area contributed by atoms with Gasteiger partial charge in [-0.05, 0) is 41.8 Å². The van der Waals surface area contributed by atoms with Crippen LogP contribution in [0.25, 0.3) is 22.2 Å². The van der Waals surface area contributed by atoms with E-state index < -0.39 is 16.9 Å². The molecule has 2 heterocycles. The van der Waals surface area contributed by atoms with E-state index in [9.17, 15) is 9.00 Å². The molecule has 2 aromatic carbocycles. The van der Waals surface area contributed by atoms with Crippen LogP contribution in [0.3, 0.4) is 0 Å². The second kappa shape index (κ2) is 8.86. The van der Waals surface area contributed by atoms with E-state index in [2.05, 4.69) is 58.6 Å². The third-order valence-corrected chi connectivity index (χ3v) is 6.31. The van der Waals surface area contributed by atoms with Gasteiger partial charge in [-0.25, -0.2) is 9.19 Å². The van der Waals surface area contributed by atoms with Crippen molar-refractivity contribution in [1.29, 1.82) is 0 Å². The highest BCUT2D eigenvalue weighted by Crippen LogP contribution is 2.34. The Morgan fingerprint density at radius 1 is 1.06 bits per heavy atom. The molecule has 0 aliphatic heterocycles. The molecule has 0 fully saturated rings. The van der Waals surface area contributed by atoms with Crippen molar-refractivity contribution in [3.63, 3.8) is 0 Å². The second-order valence-electron chi connectivity index (χ2n) is 7.53. The first kappa shape index (κ1) is 21.0. The summed E-state index contributed by atoms with van der Waals surface area (Å²) in [7, 11) is 0.697. The summed E-state index contributed by atoms with van der Waals surface area (Å²) < 4.78 is 16.4. The number of nitrogens with one attached hydrogen (secondary N) is 1. The molecule has 1 amide bonds. The van der Waals surface area contributed by atoms with Crippen LogP contribution in [0.2, 0.25) is 0 Å². The number of pyridine rings is 1. The highest BCUT2D eigenvalue weighted by molar-refractivity contribution is 7.83. The summed E-state index contributed by atoms with van der Waals surface area (Å²) >= 11 is 0. The van der Waals surface area contributed by atoms with Crippen LogP contribution in [0.5, 0.6) is 0 Å². The standard InChI is InChI=1S/C25H25N3O2S/c1-4-31(30)27-25(29)22-12-8-11-19(26-22)16-21-20-14-13-17(2)15-23(20)28(3)24(21)18-9-6-5-7-10-18/h5-15H,4,16H2,1-3H3,(H,27,29). The van der Waals surface area contributed by atoms with Crippen molar-refractivity contribution in [3.8, 4) is 11.3 Å². The Kier molecular flexibility index (Phi) is 6.00. The lowest BCUT2D eigenvalue weighted by Gasteiger charge is -2.09. The summed E-state index contributed by atoms with van der Waals surface area (Å²) in [5.74, 6) is -0.0553. The Morgan fingerprint density at radius 3 is 2.58 bits per heavy atom. The Labute approximate surface area is 184 Å². The number of carbonyl (C=O) groups excluding carboxylic acids is 1. The molecule has 158 valence electrons. The van der Waals surface area contributed by atoms with Gasteiger partial charge in [-0.1, -0.05) is 55.5 Å². The van der Waals surface area contributed by atoms with Crippen molar-refractivity contribution in [3.05, 3.63) is 89.2 Å². The maximum atomic E-state index is 12.4. The molecule has 1 atom stereocenters. The van der Waals surface area contributed by atoms with Crippen LogP contribution in [0.4, 0.5) is 0 Å². The van der Waals surface area contributed by atoms with Gasteiger partial charge in [0.25, 0.3) is 5.91 Å². The fourth-order valence-electron chi connectivity index (χ4n) is 3.88.